The van der Waals surface area contributed by atoms with Crippen LogP contribution in [0.4, 0.5) is 0 Å². The van der Waals surface area contributed by atoms with Crippen LogP contribution in [0.2, 0.25) is 5.02 Å². The molecular formula is C21H15ClN4OS. The Morgan fingerprint density at radius 3 is 2.61 bits per heavy atom. The van der Waals surface area contributed by atoms with Crippen molar-refractivity contribution in [2.45, 2.75) is 17.5 Å². The zero-order valence-corrected chi connectivity index (χ0v) is 16.3. The van der Waals surface area contributed by atoms with Gasteiger partial charge in [0.2, 0.25) is 0 Å². The maximum absolute atomic E-state index is 9.30. The van der Waals surface area contributed by atoms with Crippen LogP contribution in [0.5, 0.6) is 0 Å². The van der Waals surface area contributed by atoms with Gasteiger partial charge < -0.3 is 4.42 Å². The fraction of sp³-hybridized carbons (Fsp3) is 0.0952. The van der Waals surface area contributed by atoms with Crippen LogP contribution in [0.1, 0.15) is 16.9 Å². The quantitative estimate of drug-likeness (QED) is 0.401. The summed E-state index contributed by atoms with van der Waals surface area (Å²) in [6.07, 6.45) is 1.65. The molecular weight excluding hydrogens is 392 g/mol. The third-order valence-corrected chi connectivity index (χ3v) is 5.48. The number of benzene rings is 2. The Morgan fingerprint density at radius 1 is 1.04 bits per heavy atom. The van der Waals surface area contributed by atoms with Crippen LogP contribution in [0.15, 0.2) is 76.5 Å². The Balaban J connectivity index is 1.66. The highest BCUT2D eigenvalue weighted by atomic mass is 35.5. The fourth-order valence-corrected chi connectivity index (χ4v) is 3.87. The molecule has 0 bridgehead atoms. The molecule has 4 aromatic rings. The number of hydrogen-bond acceptors (Lipinski definition) is 5. The van der Waals surface area contributed by atoms with Gasteiger partial charge in [0, 0.05) is 16.3 Å². The molecule has 0 aliphatic heterocycles. The zero-order valence-electron chi connectivity index (χ0n) is 14.7. The van der Waals surface area contributed by atoms with Crippen LogP contribution in [0, 0.1) is 11.3 Å². The molecule has 0 saturated heterocycles. The zero-order chi connectivity index (χ0) is 19.3. The molecule has 5 nitrogen and oxygen atoms in total. The number of furan rings is 1. The van der Waals surface area contributed by atoms with Gasteiger partial charge in [-0.1, -0.05) is 41.6 Å². The number of aromatic nitrogens is 3. The summed E-state index contributed by atoms with van der Waals surface area (Å²) in [5, 5.41) is 19.5. The Bertz CT molecular complexity index is 1110. The van der Waals surface area contributed by atoms with E-state index in [2.05, 4.69) is 16.3 Å². The van der Waals surface area contributed by atoms with Gasteiger partial charge in [0.05, 0.1) is 24.4 Å². The average molecular weight is 407 g/mol. The number of thioether (sulfide) groups is 1. The number of hydrogen-bond donors (Lipinski definition) is 0. The monoisotopic (exact) mass is 406 g/mol. The van der Waals surface area contributed by atoms with E-state index in [1.165, 1.54) is 0 Å². The van der Waals surface area contributed by atoms with Crippen molar-refractivity contribution < 1.29 is 4.42 Å². The second-order valence-electron chi connectivity index (χ2n) is 6.04. The largest absolute Gasteiger partial charge is 0.467 e. The normalized spacial score (nSPS) is 10.7. The molecule has 138 valence electrons. The van der Waals surface area contributed by atoms with Crippen molar-refractivity contribution >= 4 is 23.4 Å². The van der Waals surface area contributed by atoms with Gasteiger partial charge in [-0.2, -0.15) is 5.26 Å². The summed E-state index contributed by atoms with van der Waals surface area (Å²) < 4.78 is 7.54. The van der Waals surface area contributed by atoms with E-state index in [0.29, 0.717) is 22.9 Å². The summed E-state index contributed by atoms with van der Waals surface area (Å²) in [5.74, 6) is 2.18. The van der Waals surface area contributed by atoms with Crippen molar-refractivity contribution in [1.29, 1.82) is 5.26 Å². The second kappa shape index (κ2) is 8.34. The van der Waals surface area contributed by atoms with Crippen LogP contribution in [0.3, 0.4) is 0 Å². The topological polar surface area (TPSA) is 67.6 Å². The lowest BCUT2D eigenvalue weighted by Crippen LogP contribution is -2.03. The van der Waals surface area contributed by atoms with Crippen molar-refractivity contribution in [2.24, 2.45) is 0 Å². The molecule has 2 aromatic heterocycles. The van der Waals surface area contributed by atoms with E-state index < -0.39 is 0 Å². The SMILES string of the molecule is N#Cc1ccccc1CSc1nnc(-c2ccc(Cl)cc2)n1Cc1ccco1. The predicted molar refractivity (Wildman–Crippen MR) is 109 cm³/mol. The first-order chi connectivity index (χ1) is 13.7. The molecule has 0 saturated carbocycles. The summed E-state index contributed by atoms with van der Waals surface area (Å²) >= 11 is 7.56. The minimum Gasteiger partial charge on any atom is -0.467 e. The van der Waals surface area contributed by atoms with E-state index in [4.69, 9.17) is 16.0 Å². The van der Waals surface area contributed by atoms with E-state index in [1.54, 1.807) is 18.0 Å². The molecule has 0 aliphatic carbocycles. The van der Waals surface area contributed by atoms with Crippen molar-refractivity contribution in [3.63, 3.8) is 0 Å². The van der Waals surface area contributed by atoms with E-state index >= 15 is 0 Å². The van der Waals surface area contributed by atoms with Gasteiger partial charge in [-0.05, 0) is 48.0 Å². The third kappa shape index (κ3) is 3.96. The van der Waals surface area contributed by atoms with Crippen LogP contribution in [0.25, 0.3) is 11.4 Å². The summed E-state index contributed by atoms with van der Waals surface area (Å²) in [5.41, 5.74) is 2.56. The lowest BCUT2D eigenvalue weighted by Gasteiger charge is -2.09. The van der Waals surface area contributed by atoms with Crippen LogP contribution in [-0.2, 0) is 12.3 Å². The molecule has 0 N–H and O–H groups in total. The van der Waals surface area contributed by atoms with Gasteiger partial charge in [-0.15, -0.1) is 10.2 Å². The summed E-state index contributed by atoms with van der Waals surface area (Å²) in [6.45, 7) is 0.514. The molecule has 28 heavy (non-hydrogen) atoms. The van der Waals surface area contributed by atoms with Gasteiger partial charge >= 0.3 is 0 Å². The maximum atomic E-state index is 9.30. The second-order valence-corrected chi connectivity index (χ2v) is 7.42. The highest BCUT2D eigenvalue weighted by Crippen LogP contribution is 2.29. The minimum atomic E-state index is 0.514. The summed E-state index contributed by atoms with van der Waals surface area (Å²) in [7, 11) is 0. The van der Waals surface area contributed by atoms with E-state index in [9.17, 15) is 5.26 Å². The molecule has 0 spiro atoms. The number of rotatable bonds is 6. The highest BCUT2D eigenvalue weighted by Gasteiger charge is 2.16. The smallest absolute Gasteiger partial charge is 0.192 e. The first kappa shape index (κ1) is 18.4. The Hall–Kier alpha value is -3.01. The predicted octanol–water partition coefficient (Wildman–Crippen LogP) is 5.40. The Kier molecular flexibility index (Phi) is 5.47. The highest BCUT2D eigenvalue weighted by molar-refractivity contribution is 7.98. The first-order valence-electron chi connectivity index (χ1n) is 8.57. The van der Waals surface area contributed by atoms with Crippen LogP contribution >= 0.6 is 23.4 Å². The van der Waals surface area contributed by atoms with E-state index in [1.807, 2.05) is 65.2 Å². The molecule has 4 rings (SSSR count). The molecule has 0 unspecified atom stereocenters. The fourth-order valence-electron chi connectivity index (χ4n) is 2.81. The lowest BCUT2D eigenvalue weighted by atomic mass is 10.1. The standard InChI is InChI=1S/C21H15ClN4OS/c22-18-9-7-15(8-10-18)20-24-25-21(26(20)13-19-6-3-11-27-19)28-14-17-5-2-1-4-16(17)12-23/h1-11H,13-14H2. The molecule has 0 aliphatic rings. The van der Waals surface area contributed by atoms with Crippen molar-refractivity contribution in [1.82, 2.24) is 14.8 Å². The van der Waals surface area contributed by atoms with E-state index in [0.717, 1.165) is 27.9 Å². The van der Waals surface area contributed by atoms with Crippen molar-refractivity contribution in [3.05, 3.63) is 88.8 Å². The molecule has 7 heteroatoms. The van der Waals surface area contributed by atoms with Crippen LogP contribution < -0.4 is 0 Å². The lowest BCUT2D eigenvalue weighted by molar-refractivity contribution is 0.485. The van der Waals surface area contributed by atoms with Gasteiger partial charge in [0.1, 0.15) is 5.76 Å². The summed E-state index contributed by atoms with van der Waals surface area (Å²) in [6, 6.07) is 21.1. The van der Waals surface area contributed by atoms with Crippen molar-refractivity contribution in [3.8, 4) is 17.5 Å². The molecule has 0 atom stereocenters. The van der Waals surface area contributed by atoms with Gasteiger partial charge in [0.15, 0.2) is 11.0 Å². The molecule has 0 radical (unpaired) electrons. The van der Waals surface area contributed by atoms with Gasteiger partial charge in [-0.25, -0.2) is 0 Å². The number of nitrogens with zero attached hydrogens (tertiary/aromatic N) is 4. The summed E-state index contributed by atoms with van der Waals surface area (Å²) in [4.78, 5) is 0. The van der Waals surface area contributed by atoms with Gasteiger partial charge in [0.25, 0.3) is 0 Å². The third-order valence-electron chi connectivity index (χ3n) is 4.21. The molecule has 2 aromatic carbocycles. The Morgan fingerprint density at radius 2 is 1.86 bits per heavy atom. The molecule has 0 amide bonds. The average Bonchev–Trinajstić information content (AvgIpc) is 3.38. The number of nitriles is 1. The van der Waals surface area contributed by atoms with Crippen LogP contribution in [-0.4, -0.2) is 14.8 Å². The van der Waals surface area contributed by atoms with Crippen molar-refractivity contribution in [2.75, 3.05) is 0 Å². The maximum Gasteiger partial charge on any atom is 0.192 e. The minimum absolute atomic E-state index is 0.514. The molecule has 0 fully saturated rings. The van der Waals surface area contributed by atoms with Gasteiger partial charge in [-0.3, -0.25) is 4.57 Å². The van der Waals surface area contributed by atoms with E-state index in [-0.39, 0.29) is 0 Å². The molecule has 2 heterocycles. The first-order valence-corrected chi connectivity index (χ1v) is 9.93. The number of halogens is 1. The Labute approximate surface area is 171 Å².